The Hall–Kier alpha value is -0.0701. The molecule has 0 radical (unpaired) electrons. The fourth-order valence-corrected chi connectivity index (χ4v) is 1.51. The van der Waals surface area contributed by atoms with Crippen molar-refractivity contribution in [1.82, 2.24) is 0 Å². The van der Waals surface area contributed by atoms with E-state index in [0.717, 1.165) is 6.42 Å². The first-order chi connectivity index (χ1) is 9.26. The monoisotopic (exact) mass is 287 g/mol. The van der Waals surface area contributed by atoms with Crippen molar-refractivity contribution in [3.63, 3.8) is 0 Å². The number of nitrogens with two attached hydrogens (primary N) is 1. The highest BCUT2D eigenvalue weighted by Crippen LogP contribution is 2.16. The van der Waals surface area contributed by atoms with Gasteiger partial charge < -0.3 is 24.5 Å². The van der Waals surface area contributed by atoms with Gasteiger partial charge in [0.25, 0.3) is 0 Å². The summed E-state index contributed by atoms with van der Waals surface area (Å²) in [6, 6.07) is 0. The zero-order valence-corrected chi connectivity index (χ0v) is 14.0. The molecule has 7 heteroatoms. The van der Waals surface area contributed by atoms with Gasteiger partial charge in [0, 0.05) is 25.4 Å². The van der Waals surface area contributed by atoms with E-state index in [1.54, 1.807) is 0 Å². The van der Waals surface area contributed by atoms with Crippen LogP contribution in [0.5, 0.6) is 0 Å². The van der Waals surface area contributed by atoms with E-state index in [-0.39, 0.29) is 17.3 Å². The molecule has 0 amide bonds. The molecule has 118 valence electrons. The van der Waals surface area contributed by atoms with Gasteiger partial charge >= 0.3 is 7.48 Å². The maximum Gasteiger partial charge on any atom is 0.338 e. The molecule has 0 aromatic carbocycles. The Morgan fingerprint density at radius 2 is 1.60 bits per heavy atom. The zero-order valence-electron chi connectivity index (χ0n) is 14.0. The van der Waals surface area contributed by atoms with Crippen LogP contribution in [-0.2, 0) is 18.9 Å². The molecule has 0 heterocycles. The summed E-state index contributed by atoms with van der Waals surface area (Å²) in [5.74, 6) is 0. The molecule has 0 unspecified atom stereocenters. The van der Waals surface area contributed by atoms with Gasteiger partial charge in [0.05, 0.1) is 5.50 Å². The van der Waals surface area contributed by atoms with E-state index in [4.69, 9.17) is 24.5 Å². The molecule has 0 rings (SSSR count). The fraction of sp³-hybridized carbons (Fsp3) is 1.00. The van der Waals surface area contributed by atoms with Crippen LogP contribution in [-0.4, -0.2) is 52.0 Å². The second-order valence-corrected chi connectivity index (χ2v) is 5.97. The van der Waals surface area contributed by atoms with Crippen molar-refractivity contribution in [3.8, 4) is 0 Å². The van der Waals surface area contributed by atoms with E-state index in [2.05, 4.69) is 0 Å². The second-order valence-electron chi connectivity index (χ2n) is 5.97. The van der Waals surface area contributed by atoms with Crippen LogP contribution in [0.25, 0.3) is 0 Å². The van der Waals surface area contributed by atoms with E-state index in [9.17, 15) is 0 Å². The van der Waals surface area contributed by atoms with Crippen LogP contribution in [0.15, 0.2) is 0 Å². The van der Waals surface area contributed by atoms with Crippen molar-refractivity contribution in [3.05, 3.63) is 0 Å². The Morgan fingerprint density at radius 1 is 1.05 bits per heavy atom. The third-order valence-electron chi connectivity index (χ3n) is 3.00. The number of rotatable bonds is 12. The molecule has 0 aromatic rings. The third-order valence-corrected chi connectivity index (χ3v) is 3.00. The first-order valence-corrected chi connectivity index (χ1v) is 7.47. The van der Waals surface area contributed by atoms with Crippen molar-refractivity contribution >= 4 is 14.9 Å². The van der Waals surface area contributed by atoms with Crippen LogP contribution < -0.4 is 5.64 Å². The summed E-state index contributed by atoms with van der Waals surface area (Å²) < 4.78 is 22.6. The minimum absolute atomic E-state index is 0.281. The Balaban J connectivity index is 4.04. The second kappa shape index (κ2) is 9.79. The predicted octanol–water partition coefficient (Wildman–Crippen LogP) is 0.943. The number of ether oxygens (including phenoxy) is 3. The molecule has 0 saturated carbocycles. The molecule has 0 fully saturated rings. The molecule has 20 heavy (non-hydrogen) atoms. The maximum atomic E-state index is 5.88. The summed E-state index contributed by atoms with van der Waals surface area (Å²) >= 11 is 0. The Kier molecular flexibility index (Phi) is 9.76. The van der Waals surface area contributed by atoms with E-state index in [1.807, 2.05) is 41.5 Å². The van der Waals surface area contributed by atoms with Crippen LogP contribution in [0, 0.1) is 0 Å². The Labute approximate surface area is 125 Å². The van der Waals surface area contributed by atoms with Crippen LogP contribution >= 0.6 is 0 Å². The Bertz CT molecular complexity index is 247. The van der Waals surface area contributed by atoms with Gasteiger partial charge in [-0.2, -0.15) is 0 Å². The Morgan fingerprint density at radius 3 is 2.05 bits per heavy atom. The molecular weight excluding hydrogens is 256 g/mol. The topological polar surface area (TPSA) is 62.9 Å². The lowest BCUT2D eigenvalue weighted by atomic mass is 9.75. The predicted molar refractivity (Wildman–Crippen MR) is 85.3 cm³/mol. The average molecular weight is 287 g/mol. The van der Waals surface area contributed by atoms with Gasteiger partial charge in [-0.3, -0.25) is 0 Å². The molecule has 0 aliphatic carbocycles. The maximum absolute atomic E-state index is 5.88. The molecule has 0 aromatic heterocycles. The molecule has 0 bridgehead atoms. The van der Waals surface area contributed by atoms with Gasteiger partial charge in [0.15, 0.2) is 6.19 Å². The van der Waals surface area contributed by atoms with Gasteiger partial charge in [-0.25, -0.2) is 0 Å². The summed E-state index contributed by atoms with van der Waals surface area (Å²) in [6.07, 6.45) is 0.493. The lowest BCUT2D eigenvalue weighted by molar-refractivity contribution is -0.0966. The van der Waals surface area contributed by atoms with E-state index < -0.39 is 0 Å². The minimum Gasteiger partial charge on any atom is -0.428 e. The van der Waals surface area contributed by atoms with Gasteiger partial charge in [-0.15, -0.1) is 0 Å². The SMILES string of the molecule is CCOC(BOC(C)(C)CCOC(C)(C)BN)OCC. The molecule has 0 aliphatic rings. The summed E-state index contributed by atoms with van der Waals surface area (Å²) in [7, 11) is 0.931. The van der Waals surface area contributed by atoms with E-state index in [0.29, 0.717) is 34.7 Å². The summed E-state index contributed by atoms with van der Waals surface area (Å²) in [4.78, 5) is 0. The summed E-state index contributed by atoms with van der Waals surface area (Å²) in [5, 5.41) is 0. The highest BCUT2D eigenvalue weighted by atomic mass is 16.7. The lowest BCUT2D eigenvalue weighted by Gasteiger charge is -2.30. The quantitative estimate of drug-likeness (QED) is 0.427. The van der Waals surface area contributed by atoms with Crippen molar-refractivity contribution in [1.29, 1.82) is 0 Å². The minimum atomic E-state index is -0.300. The summed E-state index contributed by atoms with van der Waals surface area (Å²) in [6.45, 7) is 13.8. The van der Waals surface area contributed by atoms with Gasteiger partial charge in [0.1, 0.15) is 0 Å². The zero-order chi connectivity index (χ0) is 15.6. The molecule has 0 spiro atoms. The van der Waals surface area contributed by atoms with Crippen LogP contribution in [0.4, 0.5) is 0 Å². The van der Waals surface area contributed by atoms with Crippen LogP contribution in [0.1, 0.15) is 48.0 Å². The molecule has 0 atom stereocenters. The van der Waals surface area contributed by atoms with Crippen LogP contribution in [0.2, 0.25) is 0 Å². The molecule has 2 N–H and O–H groups in total. The standard InChI is InChI=1S/C13H31B2NO4/c1-7-17-11(18-8-2)14-20-12(3,4)9-10-19-13(5,6)15-16/h11,14-15H,7-10,16H2,1-6H3. The van der Waals surface area contributed by atoms with Crippen LogP contribution in [0.3, 0.4) is 0 Å². The third kappa shape index (κ3) is 9.77. The number of hydrogen-bond acceptors (Lipinski definition) is 5. The van der Waals surface area contributed by atoms with Crippen molar-refractivity contribution in [2.24, 2.45) is 5.64 Å². The highest BCUT2D eigenvalue weighted by molar-refractivity contribution is 6.35. The summed E-state index contributed by atoms with van der Waals surface area (Å²) in [5.41, 5.74) is 5.07. The molecule has 5 nitrogen and oxygen atoms in total. The smallest absolute Gasteiger partial charge is 0.338 e. The van der Waals surface area contributed by atoms with E-state index in [1.165, 1.54) is 0 Å². The van der Waals surface area contributed by atoms with Gasteiger partial charge in [-0.1, -0.05) is 0 Å². The normalized spacial score (nSPS) is 12.8. The average Bonchev–Trinajstić information content (AvgIpc) is 2.36. The fourth-order valence-electron chi connectivity index (χ4n) is 1.51. The molecular formula is C13H31B2NO4. The van der Waals surface area contributed by atoms with Gasteiger partial charge in [-0.05, 0) is 48.0 Å². The van der Waals surface area contributed by atoms with E-state index >= 15 is 0 Å². The van der Waals surface area contributed by atoms with Gasteiger partial charge in [0.2, 0.25) is 7.41 Å². The molecule has 0 saturated heterocycles. The first kappa shape index (κ1) is 19.9. The lowest BCUT2D eigenvalue weighted by Crippen LogP contribution is -2.40. The van der Waals surface area contributed by atoms with Crippen molar-refractivity contribution < 1.29 is 18.9 Å². The van der Waals surface area contributed by atoms with Crippen molar-refractivity contribution in [2.75, 3.05) is 19.8 Å². The highest BCUT2D eigenvalue weighted by Gasteiger charge is 2.24. The number of hydrogen-bond donors (Lipinski definition) is 1. The van der Waals surface area contributed by atoms with Crippen molar-refractivity contribution in [2.45, 2.75) is 65.3 Å². The largest absolute Gasteiger partial charge is 0.428 e. The molecule has 0 aliphatic heterocycles. The first-order valence-electron chi connectivity index (χ1n) is 7.47.